The molecule has 3 aromatic carbocycles. The van der Waals surface area contributed by atoms with Crippen LogP contribution < -0.4 is 14.2 Å². The van der Waals surface area contributed by atoms with Crippen LogP contribution in [0.3, 0.4) is 0 Å². The SMILES string of the molecule is COc1cc(OC)c(C(=O)OC(C(=O)c2c[nH]c3ccccc23)c2ccccc2)cc1OC. The number of aromatic nitrogens is 1. The van der Waals surface area contributed by atoms with Gasteiger partial charge in [-0.05, 0) is 6.07 Å². The Labute approximate surface area is 190 Å². The fourth-order valence-corrected chi connectivity index (χ4v) is 3.68. The van der Waals surface area contributed by atoms with E-state index in [1.807, 2.05) is 30.3 Å². The van der Waals surface area contributed by atoms with Crippen LogP contribution in [0.25, 0.3) is 10.9 Å². The molecule has 0 aliphatic carbocycles. The maximum absolute atomic E-state index is 13.6. The average molecular weight is 445 g/mol. The number of aromatic amines is 1. The largest absolute Gasteiger partial charge is 0.496 e. The summed E-state index contributed by atoms with van der Waals surface area (Å²) in [5.41, 5.74) is 1.93. The highest BCUT2D eigenvalue weighted by Crippen LogP contribution is 2.36. The van der Waals surface area contributed by atoms with Crippen LogP contribution >= 0.6 is 0 Å². The molecule has 4 aromatic rings. The fourth-order valence-electron chi connectivity index (χ4n) is 3.68. The summed E-state index contributed by atoms with van der Waals surface area (Å²) >= 11 is 0. The molecule has 1 N–H and O–H groups in total. The van der Waals surface area contributed by atoms with E-state index in [0.29, 0.717) is 22.6 Å². The number of carbonyl (C=O) groups is 2. The van der Waals surface area contributed by atoms with Gasteiger partial charge in [0.1, 0.15) is 11.3 Å². The quantitative estimate of drug-likeness (QED) is 0.304. The van der Waals surface area contributed by atoms with Gasteiger partial charge in [-0.15, -0.1) is 0 Å². The second-order valence-corrected chi connectivity index (χ2v) is 7.22. The predicted octanol–water partition coefficient (Wildman–Crippen LogP) is 4.97. The molecular weight excluding hydrogens is 422 g/mol. The van der Waals surface area contributed by atoms with Crippen molar-refractivity contribution in [3.63, 3.8) is 0 Å². The van der Waals surface area contributed by atoms with Gasteiger partial charge in [-0.1, -0.05) is 48.5 Å². The van der Waals surface area contributed by atoms with Crippen molar-refractivity contribution in [1.82, 2.24) is 4.98 Å². The summed E-state index contributed by atoms with van der Waals surface area (Å²) < 4.78 is 21.7. The fraction of sp³-hybridized carbons (Fsp3) is 0.154. The molecule has 0 saturated carbocycles. The first kappa shape index (κ1) is 22.0. The number of fused-ring (bicyclic) bond motifs is 1. The van der Waals surface area contributed by atoms with E-state index in [1.165, 1.54) is 33.5 Å². The van der Waals surface area contributed by atoms with E-state index >= 15 is 0 Å². The summed E-state index contributed by atoms with van der Waals surface area (Å²) in [6.45, 7) is 0. The third-order valence-corrected chi connectivity index (χ3v) is 5.35. The number of nitrogens with one attached hydrogen (secondary N) is 1. The van der Waals surface area contributed by atoms with Gasteiger partial charge in [0.05, 0.1) is 21.3 Å². The molecule has 4 rings (SSSR count). The molecule has 1 heterocycles. The van der Waals surface area contributed by atoms with Gasteiger partial charge in [0.2, 0.25) is 5.78 Å². The smallest absolute Gasteiger partial charge is 0.343 e. The number of hydrogen-bond donors (Lipinski definition) is 1. The first-order chi connectivity index (χ1) is 16.1. The maximum atomic E-state index is 13.6. The first-order valence-corrected chi connectivity index (χ1v) is 10.2. The summed E-state index contributed by atoms with van der Waals surface area (Å²) in [4.78, 5) is 29.9. The molecule has 0 fully saturated rings. The Balaban J connectivity index is 1.74. The number of methoxy groups -OCH3 is 3. The van der Waals surface area contributed by atoms with Gasteiger partial charge >= 0.3 is 5.97 Å². The average Bonchev–Trinajstić information content (AvgIpc) is 3.30. The van der Waals surface area contributed by atoms with E-state index in [1.54, 1.807) is 30.5 Å². The zero-order chi connectivity index (χ0) is 23.4. The Morgan fingerprint density at radius 1 is 0.758 bits per heavy atom. The highest BCUT2D eigenvalue weighted by molar-refractivity contribution is 6.11. The Hall–Kier alpha value is -4.26. The number of benzene rings is 3. The molecule has 0 spiro atoms. The number of para-hydroxylation sites is 1. The van der Waals surface area contributed by atoms with Crippen molar-refractivity contribution in [2.45, 2.75) is 6.10 Å². The summed E-state index contributed by atoms with van der Waals surface area (Å²) in [6, 6.07) is 19.4. The zero-order valence-corrected chi connectivity index (χ0v) is 18.5. The molecule has 7 heteroatoms. The lowest BCUT2D eigenvalue weighted by Crippen LogP contribution is -2.20. The molecule has 1 unspecified atom stereocenters. The highest BCUT2D eigenvalue weighted by atomic mass is 16.6. The van der Waals surface area contributed by atoms with Crippen LogP contribution in [0.5, 0.6) is 17.2 Å². The summed E-state index contributed by atoms with van der Waals surface area (Å²) in [5.74, 6) is -0.0878. The van der Waals surface area contributed by atoms with Crippen LogP contribution in [0, 0.1) is 0 Å². The zero-order valence-electron chi connectivity index (χ0n) is 18.5. The van der Waals surface area contributed by atoms with Gasteiger partial charge in [-0.2, -0.15) is 0 Å². The van der Waals surface area contributed by atoms with E-state index in [0.717, 1.165) is 10.9 Å². The number of H-pyrrole nitrogens is 1. The lowest BCUT2D eigenvalue weighted by molar-refractivity contribution is 0.0277. The van der Waals surface area contributed by atoms with Crippen LogP contribution in [-0.4, -0.2) is 38.1 Å². The van der Waals surface area contributed by atoms with Crippen molar-refractivity contribution in [3.05, 3.63) is 89.6 Å². The second-order valence-electron chi connectivity index (χ2n) is 7.22. The van der Waals surface area contributed by atoms with Gasteiger partial charge in [-0.25, -0.2) is 4.79 Å². The molecule has 0 aliphatic rings. The topological polar surface area (TPSA) is 86.9 Å². The molecule has 1 atom stereocenters. The van der Waals surface area contributed by atoms with Crippen molar-refractivity contribution in [3.8, 4) is 17.2 Å². The van der Waals surface area contributed by atoms with Crippen molar-refractivity contribution < 1.29 is 28.5 Å². The number of ether oxygens (including phenoxy) is 4. The number of esters is 1. The maximum Gasteiger partial charge on any atom is 0.343 e. The van der Waals surface area contributed by atoms with Crippen LogP contribution in [0.4, 0.5) is 0 Å². The minimum absolute atomic E-state index is 0.114. The van der Waals surface area contributed by atoms with Crippen molar-refractivity contribution in [1.29, 1.82) is 0 Å². The molecule has 168 valence electrons. The molecule has 0 amide bonds. The molecule has 7 nitrogen and oxygen atoms in total. The number of hydrogen-bond acceptors (Lipinski definition) is 6. The first-order valence-electron chi connectivity index (χ1n) is 10.2. The molecule has 33 heavy (non-hydrogen) atoms. The van der Waals surface area contributed by atoms with Crippen molar-refractivity contribution in [2.75, 3.05) is 21.3 Å². The van der Waals surface area contributed by atoms with Crippen LogP contribution in [0.15, 0.2) is 72.9 Å². The van der Waals surface area contributed by atoms with E-state index in [9.17, 15) is 9.59 Å². The van der Waals surface area contributed by atoms with Crippen LogP contribution in [0.2, 0.25) is 0 Å². The van der Waals surface area contributed by atoms with Crippen molar-refractivity contribution in [2.24, 2.45) is 0 Å². The van der Waals surface area contributed by atoms with Gasteiger partial charge in [0.15, 0.2) is 17.6 Å². The third-order valence-electron chi connectivity index (χ3n) is 5.35. The Morgan fingerprint density at radius 2 is 1.39 bits per heavy atom. The van der Waals surface area contributed by atoms with Crippen LogP contribution in [0.1, 0.15) is 32.4 Å². The van der Waals surface area contributed by atoms with E-state index in [-0.39, 0.29) is 17.1 Å². The third kappa shape index (κ3) is 4.25. The lowest BCUT2D eigenvalue weighted by atomic mass is 9.99. The summed E-state index contributed by atoms with van der Waals surface area (Å²) in [5, 5.41) is 0.753. The molecule has 0 radical (unpaired) electrons. The normalized spacial score (nSPS) is 11.6. The minimum Gasteiger partial charge on any atom is -0.496 e. The Bertz CT molecular complexity index is 1290. The van der Waals surface area contributed by atoms with Gasteiger partial charge in [0, 0.05) is 40.4 Å². The van der Waals surface area contributed by atoms with Gasteiger partial charge in [-0.3, -0.25) is 4.79 Å². The molecule has 0 bridgehead atoms. The van der Waals surface area contributed by atoms with Crippen LogP contribution in [-0.2, 0) is 4.74 Å². The number of rotatable bonds is 8. The molecule has 0 aliphatic heterocycles. The number of carbonyl (C=O) groups excluding carboxylic acids is 2. The summed E-state index contributed by atoms with van der Waals surface area (Å²) in [6.07, 6.45) is 0.476. The van der Waals surface area contributed by atoms with Gasteiger partial charge < -0.3 is 23.9 Å². The molecule has 0 saturated heterocycles. The summed E-state index contributed by atoms with van der Waals surface area (Å²) in [7, 11) is 4.39. The van der Waals surface area contributed by atoms with E-state index < -0.39 is 12.1 Å². The Kier molecular flexibility index (Phi) is 6.31. The number of ketones is 1. The van der Waals surface area contributed by atoms with E-state index in [2.05, 4.69) is 4.98 Å². The highest BCUT2D eigenvalue weighted by Gasteiger charge is 2.30. The second kappa shape index (κ2) is 9.48. The monoisotopic (exact) mass is 445 g/mol. The number of Topliss-reactive ketones (excluding diaryl/α,β-unsaturated/α-hetero) is 1. The molecule has 1 aromatic heterocycles. The predicted molar refractivity (Wildman–Crippen MR) is 123 cm³/mol. The van der Waals surface area contributed by atoms with Crippen molar-refractivity contribution >= 4 is 22.7 Å². The Morgan fingerprint density at radius 3 is 2.09 bits per heavy atom. The lowest BCUT2D eigenvalue weighted by Gasteiger charge is -2.19. The molecular formula is C26H23NO6. The van der Waals surface area contributed by atoms with E-state index in [4.69, 9.17) is 18.9 Å². The minimum atomic E-state index is -1.16. The van der Waals surface area contributed by atoms with Gasteiger partial charge in [0.25, 0.3) is 0 Å². The standard InChI is InChI=1S/C26H23NO6/c1-30-21-14-23(32-3)22(31-2)13-18(21)26(29)33-25(16-9-5-4-6-10-16)24(28)19-15-27-20-12-8-7-11-17(19)20/h4-15,25,27H,1-3H3.